The number of fused-ring (bicyclic) bond motifs is 1. The van der Waals surface area contributed by atoms with Gasteiger partial charge in [0, 0.05) is 52.3 Å². The zero-order chi connectivity index (χ0) is 30.1. The molecule has 1 saturated heterocycles. The third kappa shape index (κ3) is 7.72. The standard InChI is InChI=1S/C25H25Cl2N3O7S4/c1-13-7-17(8-14(2)29(13)5-6-41(35,36)37)38-10-15-11-40-24-21(23(32)30(24)22(15)25(33)34)28-20(31)12-39-19-9-16(26)3-4-18(19)27/h3-4,7-9,21,24H,5-6,10-12H2,1-2H3,(H2-,28,31,33,34,35,36,37)/t21-,24-/m1/s1. The summed E-state index contributed by atoms with van der Waals surface area (Å²) in [5, 5.41) is 13.1. The van der Waals surface area contributed by atoms with Crippen molar-refractivity contribution in [2.75, 3.05) is 23.0 Å². The number of nitrogens with one attached hydrogen (secondary N) is 1. The number of hydrogen-bond donors (Lipinski definition) is 2. The summed E-state index contributed by atoms with van der Waals surface area (Å²) in [5.41, 5.74) is 2.03. The molecule has 10 nitrogen and oxygen atoms in total. The summed E-state index contributed by atoms with van der Waals surface area (Å²) in [5.74, 6) is -1.90. The highest BCUT2D eigenvalue weighted by Gasteiger charge is 2.54. The maximum absolute atomic E-state index is 13.0. The van der Waals surface area contributed by atoms with E-state index in [1.807, 2.05) is 12.1 Å². The van der Waals surface area contributed by atoms with Crippen LogP contribution in [0.1, 0.15) is 11.4 Å². The summed E-state index contributed by atoms with van der Waals surface area (Å²) >= 11 is 16.1. The Bertz CT molecular complexity index is 1530. The molecule has 2 aliphatic rings. The molecule has 2 N–H and O–H groups in total. The van der Waals surface area contributed by atoms with Gasteiger partial charge in [0.05, 0.1) is 16.5 Å². The first-order valence-electron chi connectivity index (χ1n) is 12.1. The van der Waals surface area contributed by atoms with Crippen LogP contribution in [-0.2, 0) is 31.0 Å². The number of aryl methyl sites for hydroxylation is 2. The molecule has 1 aromatic heterocycles. The molecule has 41 heavy (non-hydrogen) atoms. The van der Waals surface area contributed by atoms with Crippen molar-refractivity contribution in [1.29, 1.82) is 0 Å². The molecule has 220 valence electrons. The quantitative estimate of drug-likeness (QED) is 0.157. The molecule has 0 unspecified atom stereocenters. The van der Waals surface area contributed by atoms with E-state index in [2.05, 4.69) is 5.32 Å². The number of β-lactam (4-membered cyclic amide) rings is 1. The Kier molecular flexibility index (Phi) is 10.3. The fourth-order valence-corrected chi connectivity index (χ4v) is 8.71. The first kappa shape index (κ1) is 32.0. The lowest BCUT2D eigenvalue weighted by Gasteiger charge is -2.49. The fourth-order valence-electron chi connectivity index (χ4n) is 4.44. The van der Waals surface area contributed by atoms with E-state index in [9.17, 15) is 32.5 Å². The van der Waals surface area contributed by atoms with Gasteiger partial charge in [-0.25, -0.2) is 13.2 Å². The van der Waals surface area contributed by atoms with Crippen molar-refractivity contribution in [3.05, 3.63) is 63.0 Å². The number of aromatic nitrogens is 1. The van der Waals surface area contributed by atoms with Crippen molar-refractivity contribution in [2.45, 2.75) is 41.6 Å². The topological polar surface area (TPSA) is 148 Å². The van der Waals surface area contributed by atoms with Crippen LogP contribution < -0.4 is 9.88 Å². The maximum atomic E-state index is 13.0. The van der Waals surface area contributed by atoms with E-state index in [4.69, 9.17) is 23.2 Å². The van der Waals surface area contributed by atoms with Gasteiger partial charge in [0.2, 0.25) is 5.91 Å². The number of carbonyl (C=O) groups is 3. The second kappa shape index (κ2) is 13.1. The predicted octanol–water partition coefficient (Wildman–Crippen LogP) is 3.07. The molecule has 1 fully saturated rings. The summed E-state index contributed by atoms with van der Waals surface area (Å²) in [6, 6.07) is 7.76. The molecule has 2 amide bonds. The largest absolute Gasteiger partial charge is 0.748 e. The van der Waals surface area contributed by atoms with E-state index >= 15 is 0 Å². The van der Waals surface area contributed by atoms with Gasteiger partial charge in [-0.3, -0.25) is 14.5 Å². The summed E-state index contributed by atoms with van der Waals surface area (Å²) < 4.78 is 34.8. The number of amides is 2. The summed E-state index contributed by atoms with van der Waals surface area (Å²) in [7, 11) is -4.35. The average Bonchev–Trinajstić information content (AvgIpc) is 2.89. The normalized spacial score (nSPS) is 18.7. The predicted molar refractivity (Wildman–Crippen MR) is 158 cm³/mol. The number of pyridine rings is 1. The molecular weight excluding hydrogens is 653 g/mol. The highest BCUT2D eigenvalue weighted by molar-refractivity contribution is 8.01. The number of carbonyl (C=O) groups excluding carboxylic acids is 2. The molecule has 0 radical (unpaired) electrons. The Morgan fingerprint density at radius 2 is 1.88 bits per heavy atom. The van der Waals surface area contributed by atoms with Gasteiger partial charge in [-0.2, -0.15) is 4.57 Å². The molecule has 16 heteroatoms. The zero-order valence-electron chi connectivity index (χ0n) is 21.8. The van der Waals surface area contributed by atoms with Crippen molar-refractivity contribution >= 4 is 86.4 Å². The highest BCUT2D eigenvalue weighted by Crippen LogP contribution is 2.42. The minimum atomic E-state index is -4.35. The van der Waals surface area contributed by atoms with E-state index in [0.717, 1.165) is 16.3 Å². The van der Waals surface area contributed by atoms with Crippen molar-refractivity contribution in [2.24, 2.45) is 0 Å². The van der Waals surface area contributed by atoms with Crippen LogP contribution in [0.3, 0.4) is 0 Å². The van der Waals surface area contributed by atoms with Gasteiger partial charge in [-0.05, 0) is 23.8 Å². The van der Waals surface area contributed by atoms with Crippen LogP contribution in [-0.4, -0.2) is 75.2 Å². The summed E-state index contributed by atoms with van der Waals surface area (Å²) in [6.07, 6.45) is 0. The Hall–Kier alpha value is -1.94. The minimum Gasteiger partial charge on any atom is -0.748 e. The van der Waals surface area contributed by atoms with Gasteiger partial charge in [0.1, 0.15) is 27.2 Å². The van der Waals surface area contributed by atoms with Crippen LogP contribution in [0.2, 0.25) is 10.0 Å². The summed E-state index contributed by atoms with van der Waals surface area (Å²) in [6.45, 7) is 3.64. The lowest BCUT2D eigenvalue weighted by Crippen LogP contribution is -2.70. The van der Waals surface area contributed by atoms with Crippen molar-refractivity contribution in [1.82, 2.24) is 10.2 Å². The third-order valence-electron chi connectivity index (χ3n) is 6.35. The molecule has 4 rings (SSSR count). The number of benzene rings is 1. The second-order valence-electron chi connectivity index (χ2n) is 9.25. The molecule has 0 spiro atoms. The number of thioether (sulfide) groups is 3. The van der Waals surface area contributed by atoms with E-state index in [1.165, 1.54) is 40.2 Å². The van der Waals surface area contributed by atoms with Crippen LogP contribution in [0, 0.1) is 13.8 Å². The number of nitrogens with zero attached hydrogens (tertiary/aromatic N) is 2. The highest BCUT2D eigenvalue weighted by atomic mass is 35.5. The molecule has 2 aliphatic heterocycles. The molecule has 2 aromatic rings. The minimum absolute atomic E-state index is 0.00730. The molecule has 1 aromatic carbocycles. The van der Waals surface area contributed by atoms with Gasteiger partial charge in [-0.1, -0.05) is 23.2 Å². The molecule has 0 saturated carbocycles. The van der Waals surface area contributed by atoms with Crippen LogP contribution in [0.15, 0.2) is 51.4 Å². The number of hydrogen-bond acceptors (Lipinski definition) is 9. The molecule has 0 bridgehead atoms. The number of aliphatic carboxylic acids is 1. The molecule has 3 heterocycles. The smallest absolute Gasteiger partial charge is 0.352 e. The monoisotopic (exact) mass is 677 g/mol. The van der Waals surface area contributed by atoms with Gasteiger partial charge < -0.3 is 15.0 Å². The summed E-state index contributed by atoms with van der Waals surface area (Å²) in [4.78, 5) is 40.5. The lowest BCUT2D eigenvalue weighted by atomic mass is 10.0. The van der Waals surface area contributed by atoms with Crippen LogP contribution in [0.4, 0.5) is 0 Å². The Balaban J connectivity index is 1.40. The number of halogens is 2. The Morgan fingerprint density at radius 3 is 2.51 bits per heavy atom. The average molecular weight is 679 g/mol. The van der Waals surface area contributed by atoms with Crippen LogP contribution in [0.25, 0.3) is 0 Å². The van der Waals surface area contributed by atoms with Gasteiger partial charge in [0.25, 0.3) is 5.91 Å². The third-order valence-corrected chi connectivity index (χ3v) is 11.2. The number of carboxylic acid groups (broad SMARTS) is 1. The molecule has 0 aliphatic carbocycles. The Labute approximate surface area is 260 Å². The molecule has 2 atom stereocenters. The second-order valence-corrected chi connectivity index (χ2v) is 14.8. The SMILES string of the molecule is Cc1cc(SCC2=C(C(=O)O)N3C(=O)[C@@H](NC(=O)CSc4cc(Cl)ccc4Cl)[C@H]3SC2)cc(C)[n+]1CCS(=O)(=O)[O-]. The number of carboxylic acids is 1. The van der Waals surface area contributed by atoms with E-state index in [0.29, 0.717) is 32.0 Å². The fraction of sp³-hybridized carbons (Fsp3) is 0.360. The van der Waals surface area contributed by atoms with Gasteiger partial charge >= 0.3 is 5.97 Å². The van der Waals surface area contributed by atoms with Crippen molar-refractivity contribution in [3.63, 3.8) is 0 Å². The van der Waals surface area contributed by atoms with Crippen molar-refractivity contribution in [3.8, 4) is 0 Å². The zero-order valence-corrected chi connectivity index (χ0v) is 26.5. The number of rotatable bonds is 11. The lowest BCUT2D eigenvalue weighted by molar-refractivity contribution is -0.704. The first-order chi connectivity index (χ1) is 19.2. The maximum Gasteiger partial charge on any atom is 0.352 e. The van der Waals surface area contributed by atoms with Gasteiger partial charge in [-0.15, -0.1) is 35.3 Å². The molecular formula is C25H25Cl2N3O7S4. The Morgan fingerprint density at radius 1 is 1.20 bits per heavy atom. The first-order valence-corrected chi connectivity index (χ1v) is 17.4. The van der Waals surface area contributed by atoms with E-state index < -0.39 is 39.2 Å². The van der Waals surface area contributed by atoms with Crippen molar-refractivity contribution < 1.29 is 37.0 Å². The van der Waals surface area contributed by atoms with Gasteiger partial charge in [0.15, 0.2) is 17.9 Å². The van der Waals surface area contributed by atoms with E-state index in [1.54, 1.807) is 36.6 Å². The van der Waals surface area contributed by atoms with E-state index in [-0.39, 0.29) is 23.9 Å². The van der Waals surface area contributed by atoms with Crippen LogP contribution in [0.5, 0.6) is 0 Å². The van der Waals surface area contributed by atoms with Crippen LogP contribution >= 0.6 is 58.5 Å².